The van der Waals surface area contributed by atoms with E-state index in [-0.39, 0.29) is 29.8 Å². The number of nitrogens with zero attached hydrogens (tertiary/aromatic N) is 2. The van der Waals surface area contributed by atoms with Gasteiger partial charge in [-0.3, -0.25) is 9.59 Å². The lowest BCUT2D eigenvalue weighted by molar-refractivity contribution is -0.141. The zero-order valence-electron chi connectivity index (χ0n) is 22.8. The molecular weight excluding hydrogens is 534 g/mol. The first kappa shape index (κ1) is 30.3. The van der Waals surface area contributed by atoms with E-state index in [1.165, 1.54) is 24.1 Å². The minimum absolute atomic E-state index is 0.0440. The van der Waals surface area contributed by atoms with Crippen LogP contribution in [0.5, 0.6) is 0 Å². The molecule has 0 heterocycles. The number of hydrogen-bond acceptors (Lipinski definition) is 4. The Labute approximate surface area is 236 Å². The van der Waals surface area contributed by atoms with Crippen molar-refractivity contribution >= 4 is 33.4 Å². The van der Waals surface area contributed by atoms with Crippen LogP contribution >= 0.6 is 11.6 Å². The average molecular weight is 570 g/mol. The number of carbonyl (C=O) groups excluding carboxylic acids is 2. The number of benzene rings is 3. The van der Waals surface area contributed by atoms with E-state index in [9.17, 15) is 18.0 Å². The molecule has 0 bridgehead atoms. The van der Waals surface area contributed by atoms with Crippen molar-refractivity contribution in [2.24, 2.45) is 0 Å². The first-order valence-electron chi connectivity index (χ1n) is 12.9. The van der Waals surface area contributed by atoms with Crippen molar-refractivity contribution in [1.82, 2.24) is 14.5 Å². The molecule has 9 heteroatoms. The summed E-state index contributed by atoms with van der Waals surface area (Å²) >= 11 is 6.45. The molecule has 0 radical (unpaired) electrons. The van der Waals surface area contributed by atoms with Gasteiger partial charge in [-0.1, -0.05) is 84.8 Å². The Morgan fingerprint density at radius 1 is 0.949 bits per heavy atom. The van der Waals surface area contributed by atoms with E-state index in [4.69, 9.17) is 11.6 Å². The van der Waals surface area contributed by atoms with E-state index in [1.807, 2.05) is 57.2 Å². The van der Waals surface area contributed by atoms with Crippen molar-refractivity contribution in [1.29, 1.82) is 0 Å². The second-order valence-electron chi connectivity index (χ2n) is 9.71. The number of nitrogens with one attached hydrogen (secondary N) is 1. The van der Waals surface area contributed by atoms with Crippen LogP contribution in [0.3, 0.4) is 0 Å². The molecule has 0 aliphatic rings. The summed E-state index contributed by atoms with van der Waals surface area (Å²) in [6, 6.07) is 22.0. The van der Waals surface area contributed by atoms with Crippen molar-refractivity contribution < 1.29 is 18.0 Å². The van der Waals surface area contributed by atoms with E-state index in [1.54, 1.807) is 30.3 Å². The predicted molar refractivity (Wildman–Crippen MR) is 155 cm³/mol. The largest absolute Gasteiger partial charge is 0.352 e. The first-order valence-corrected chi connectivity index (χ1v) is 14.7. The Balaban J connectivity index is 1.99. The van der Waals surface area contributed by atoms with Gasteiger partial charge in [0, 0.05) is 31.1 Å². The summed E-state index contributed by atoms with van der Waals surface area (Å²) in [5, 5.41) is 3.46. The van der Waals surface area contributed by atoms with Gasteiger partial charge < -0.3 is 10.2 Å². The second-order valence-corrected chi connectivity index (χ2v) is 12.2. The highest BCUT2D eigenvalue weighted by Crippen LogP contribution is 2.22. The number of hydrogen-bond donors (Lipinski definition) is 1. The van der Waals surface area contributed by atoms with Gasteiger partial charge in [-0.25, -0.2) is 8.42 Å². The molecule has 0 aliphatic heterocycles. The Hall–Kier alpha value is -3.20. The minimum atomic E-state index is -3.93. The average Bonchev–Trinajstić information content (AvgIpc) is 2.92. The van der Waals surface area contributed by atoms with Crippen LogP contribution in [0.15, 0.2) is 83.8 Å². The van der Waals surface area contributed by atoms with Gasteiger partial charge in [0.15, 0.2) is 0 Å². The third-order valence-electron chi connectivity index (χ3n) is 6.66. The Morgan fingerprint density at radius 2 is 1.56 bits per heavy atom. The number of carbonyl (C=O) groups is 2. The SMILES string of the molecule is CC[C@@H](C)NC(=O)[C@H](Cc1ccccc1)N(Cc1ccccc1Cl)C(=O)CN(C)S(=O)(=O)c1ccc(C)cc1. The van der Waals surface area contributed by atoms with Crippen LogP contribution in [0, 0.1) is 6.92 Å². The number of amides is 2. The lowest BCUT2D eigenvalue weighted by Gasteiger charge is -2.33. The summed E-state index contributed by atoms with van der Waals surface area (Å²) in [5.41, 5.74) is 2.46. The summed E-state index contributed by atoms with van der Waals surface area (Å²) < 4.78 is 27.5. The van der Waals surface area contributed by atoms with Crippen LogP contribution in [0.2, 0.25) is 5.02 Å². The van der Waals surface area contributed by atoms with Gasteiger partial charge in [-0.2, -0.15) is 4.31 Å². The molecule has 3 rings (SSSR count). The predicted octanol–water partition coefficient (Wildman–Crippen LogP) is 4.82. The normalized spacial score (nSPS) is 13.1. The monoisotopic (exact) mass is 569 g/mol. The number of sulfonamides is 1. The van der Waals surface area contributed by atoms with E-state index >= 15 is 0 Å². The van der Waals surface area contributed by atoms with Crippen molar-refractivity contribution in [2.45, 2.75) is 57.1 Å². The zero-order chi connectivity index (χ0) is 28.6. The zero-order valence-corrected chi connectivity index (χ0v) is 24.4. The molecule has 0 unspecified atom stereocenters. The van der Waals surface area contributed by atoms with Crippen LogP contribution in [-0.2, 0) is 32.6 Å². The van der Waals surface area contributed by atoms with E-state index in [2.05, 4.69) is 5.32 Å². The molecule has 3 aromatic rings. The van der Waals surface area contributed by atoms with Gasteiger partial charge in [0.2, 0.25) is 21.8 Å². The Kier molecular flexibility index (Phi) is 10.7. The van der Waals surface area contributed by atoms with Crippen molar-refractivity contribution in [2.75, 3.05) is 13.6 Å². The molecule has 0 fully saturated rings. The molecule has 1 N–H and O–H groups in total. The topological polar surface area (TPSA) is 86.8 Å². The molecule has 3 aromatic carbocycles. The third kappa shape index (κ3) is 8.14. The summed E-state index contributed by atoms with van der Waals surface area (Å²) in [4.78, 5) is 29.0. The molecule has 0 spiro atoms. The van der Waals surface area contributed by atoms with E-state index in [0.29, 0.717) is 10.6 Å². The smallest absolute Gasteiger partial charge is 0.243 e. The maximum absolute atomic E-state index is 13.9. The number of rotatable bonds is 12. The molecule has 0 aromatic heterocycles. The third-order valence-corrected chi connectivity index (χ3v) is 8.84. The summed E-state index contributed by atoms with van der Waals surface area (Å²) in [6.07, 6.45) is 0.980. The van der Waals surface area contributed by atoms with Crippen molar-refractivity contribution in [3.05, 3.63) is 101 Å². The number of halogens is 1. The van der Waals surface area contributed by atoms with Crippen LogP contribution in [-0.4, -0.2) is 55.1 Å². The lowest BCUT2D eigenvalue weighted by atomic mass is 10.0. The van der Waals surface area contributed by atoms with Gasteiger partial charge in [0.1, 0.15) is 6.04 Å². The minimum Gasteiger partial charge on any atom is -0.352 e. The van der Waals surface area contributed by atoms with E-state index < -0.39 is 28.5 Å². The van der Waals surface area contributed by atoms with Crippen LogP contribution in [0.25, 0.3) is 0 Å². The van der Waals surface area contributed by atoms with Crippen LogP contribution in [0.4, 0.5) is 0 Å². The van der Waals surface area contributed by atoms with Gasteiger partial charge >= 0.3 is 0 Å². The fraction of sp³-hybridized carbons (Fsp3) is 0.333. The first-order chi connectivity index (χ1) is 18.5. The van der Waals surface area contributed by atoms with Crippen molar-refractivity contribution in [3.8, 4) is 0 Å². The molecule has 208 valence electrons. The molecule has 0 saturated heterocycles. The lowest BCUT2D eigenvalue weighted by Crippen LogP contribution is -2.54. The second kappa shape index (κ2) is 13.7. The number of likely N-dealkylation sites (N-methyl/N-ethyl adjacent to an activating group) is 1. The van der Waals surface area contributed by atoms with Gasteiger partial charge in [0.25, 0.3) is 0 Å². The Morgan fingerprint density at radius 3 is 2.18 bits per heavy atom. The quantitative estimate of drug-likeness (QED) is 0.339. The summed E-state index contributed by atoms with van der Waals surface area (Å²) in [5.74, 6) is -0.814. The molecular formula is C30H36ClN3O4S. The maximum atomic E-state index is 13.9. The molecule has 0 aliphatic carbocycles. The standard InChI is InChI=1S/C30H36ClN3O4S/c1-5-23(3)32-30(36)28(19-24-11-7-6-8-12-24)34(20-25-13-9-10-14-27(25)31)29(35)21-33(4)39(37,38)26-17-15-22(2)16-18-26/h6-18,23,28H,5,19-21H2,1-4H3,(H,32,36)/t23-,28+/m1/s1. The molecule has 2 atom stereocenters. The van der Waals surface area contributed by atoms with E-state index in [0.717, 1.165) is 21.9 Å². The fourth-order valence-corrected chi connectivity index (χ4v) is 5.38. The Bertz CT molecular complexity index is 1360. The maximum Gasteiger partial charge on any atom is 0.243 e. The summed E-state index contributed by atoms with van der Waals surface area (Å²) in [7, 11) is -2.57. The highest BCUT2D eigenvalue weighted by molar-refractivity contribution is 7.89. The van der Waals surface area contributed by atoms with Gasteiger partial charge in [0.05, 0.1) is 11.4 Å². The van der Waals surface area contributed by atoms with Gasteiger partial charge in [-0.15, -0.1) is 0 Å². The summed E-state index contributed by atoms with van der Waals surface area (Å²) in [6.45, 7) is 5.34. The fourth-order valence-electron chi connectivity index (χ4n) is 4.06. The number of aryl methyl sites for hydroxylation is 1. The highest BCUT2D eigenvalue weighted by Gasteiger charge is 2.33. The molecule has 7 nitrogen and oxygen atoms in total. The molecule has 39 heavy (non-hydrogen) atoms. The molecule has 2 amide bonds. The molecule has 0 saturated carbocycles. The van der Waals surface area contributed by atoms with Crippen molar-refractivity contribution in [3.63, 3.8) is 0 Å². The highest BCUT2D eigenvalue weighted by atomic mass is 35.5. The van der Waals surface area contributed by atoms with Crippen LogP contribution < -0.4 is 5.32 Å². The van der Waals surface area contributed by atoms with Gasteiger partial charge in [-0.05, 0) is 49.6 Å². The van der Waals surface area contributed by atoms with Crippen LogP contribution in [0.1, 0.15) is 37.0 Å².